The monoisotopic (exact) mass is 633 g/mol. The molecule has 2 amide bonds. The summed E-state index contributed by atoms with van der Waals surface area (Å²) in [6.07, 6.45) is 1.28. The number of rotatable bonds is 10. The number of anilines is 1. The number of aryl methyl sites for hydroxylation is 1. The van der Waals surface area contributed by atoms with Crippen LogP contribution in [0.1, 0.15) is 69.1 Å². The number of likely N-dealkylation sites (tertiary alicyclic amines) is 1. The smallest absolute Gasteiger partial charge is 0.410 e. The van der Waals surface area contributed by atoms with E-state index >= 15 is 0 Å². The van der Waals surface area contributed by atoms with Crippen LogP contribution in [0.2, 0.25) is 0 Å². The molecule has 0 radical (unpaired) electrons. The Morgan fingerprint density at radius 2 is 1.71 bits per heavy atom. The molecule has 0 spiro atoms. The molecule has 1 aliphatic heterocycles. The van der Waals surface area contributed by atoms with Crippen molar-refractivity contribution < 1.29 is 28.5 Å². The van der Waals surface area contributed by atoms with Gasteiger partial charge in [0.2, 0.25) is 0 Å². The number of thiophene rings is 1. The minimum Gasteiger partial charge on any atom is -0.490 e. The van der Waals surface area contributed by atoms with E-state index in [1.54, 1.807) is 16.2 Å². The molecule has 2 aromatic heterocycles. The van der Waals surface area contributed by atoms with Crippen molar-refractivity contribution in [2.45, 2.75) is 78.5 Å². The second-order valence-electron chi connectivity index (χ2n) is 12.6. The van der Waals surface area contributed by atoms with E-state index in [4.69, 9.17) is 18.9 Å². The Balaban J connectivity index is 1.22. The second-order valence-corrected chi connectivity index (χ2v) is 13.5. The number of ether oxygens (including phenoxy) is 4. The van der Waals surface area contributed by atoms with E-state index in [9.17, 15) is 9.59 Å². The average molecular weight is 634 g/mol. The standard InChI is InChI=1S/C35H43N3O6S/c1-23(2)41-21-24-8-7-9-29(36-33(39)31-20-32-30(37(31)6)16-19-45-32)28(24)22-42-25-10-12-26(13-11-25)43-27-14-17-38(18-15-27)34(40)44-35(3,4)5/h7-13,16,19-20,23,27H,14-15,17-18,21-22H2,1-6H3,(H,36,39). The molecule has 45 heavy (non-hydrogen) atoms. The SMILES string of the molecule is CC(C)OCc1cccc(NC(=O)c2cc3sccc3n2C)c1COc1ccc(OC2CCN(C(=O)OC(C)(C)C)CC2)cc1. The lowest BCUT2D eigenvalue weighted by molar-refractivity contribution is 0.0126. The van der Waals surface area contributed by atoms with Gasteiger partial charge in [-0.1, -0.05) is 12.1 Å². The predicted molar refractivity (Wildman–Crippen MR) is 177 cm³/mol. The van der Waals surface area contributed by atoms with Crippen molar-refractivity contribution in [3.63, 3.8) is 0 Å². The van der Waals surface area contributed by atoms with Gasteiger partial charge in [0.05, 0.1) is 22.9 Å². The van der Waals surface area contributed by atoms with Crippen LogP contribution in [0.25, 0.3) is 10.2 Å². The molecule has 0 unspecified atom stereocenters. The number of nitrogens with one attached hydrogen (secondary N) is 1. The summed E-state index contributed by atoms with van der Waals surface area (Å²) in [7, 11) is 1.90. The summed E-state index contributed by atoms with van der Waals surface area (Å²) in [5.41, 5.74) is 3.62. The van der Waals surface area contributed by atoms with Crippen molar-refractivity contribution in [3.8, 4) is 11.5 Å². The molecular formula is C35H43N3O6S. The van der Waals surface area contributed by atoms with Crippen LogP contribution in [-0.4, -0.2) is 52.4 Å². The molecule has 0 atom stereocenters. The maximum absolute atomic E-state index is 13.4. The number of aromatic nitrogens is 1. The van der Waals surface area contributed by atoms with Gasteiger partial charge in [0.25, 0.3) is 5.91 Å². The number of nitrogens with zero attached hydrogens (tertiary/aromatic N) is 2. The fourth-order valence-electron chi connectivity index (χ4n) is 5.21. The van der Waals surface area contributed by atoms with Crippen LogP contribution in [0.15, 0.2) is 60.0 Å². The van der Waals surface area contributed by atoms with E-state index in [2.05, 4.69) is 5.32 Å². The van der Waals surface area contributed by atoms with Crippen LogP contribution < -0.4 is 14.8 Å². The molecule has 1 aliphatic rings. The summed E-state index contributed by atoms with van der Waals surface area (Å²) in [6, 6.07) is 17.3. The normalized spacial score (nSPS) is 14.2. The van der Waals surface area contributed by atoms with Crippen LogP contribution in [0, 0.1) is 0 Å². The van der Waals surface area contributed by atoms with Gasteiger partial charge < -0.3 is 33.7 Å². The van der Waals surface area contributed by atoms with Gasteiger partial charge >= 0.3 is 6.09 Å². The molecule has 2 aromatic carbocycles. The van der Waals surface area contributed by atoms with Crippen LogP contribution in [0.4, 0.5) is 10.5 Å². The van der Waals surface area contributed by atoms with E-state index in [1.165, 1.54) is 0 Å². The van der Waals surface area contributed by atoms with Gasteiger partial charge in [-0.15, -0.1) is 11.3 Å². The first kappa shape index (κ1) is 32.4. The van der Waals surface area contributed by atoms with Crippen molar-refractivity contribution >= 4 is 39.2 Å². The number of piperidine rings is 1. The van der Waals surface area contributed by atoms with Crippen molar-refractivity contribution in [3.05, 3.63) is 76.8 Å². The van der Waals surface area contributed by atoms with Crippen molar-refractivity contribution in [1.82, 2.24) is 9.47 Å². The predicted octanol–water partition coefficient (Wildman–Crippen LogP) is 7.77. The molecular weight excluding hydrogens is 590 g/mol. The molecule has 10 heteroatoms. The lowest BCUT2D eigenvalue weighted by Crippen LogP contribution is -2.44. The Morgan fingerprint density at radius 1 is 1.00 bits per heavy atom. The number of carbonyl (C=O) groups excluding carboxylic acids is 2. The van der Waals surface area contributed by atoms with Gasteiger partial charge in [-0.25, -0.2) is 4.79 Å². The quantitative estimate of drug-likeness (QED) is 0.192. The fraction of sp³-hybridized carbons (Fsp3) is 0.429. The Labute approximate surface area is 269 Å². The van der Waals surface area contributed by atoms with Gasteiger partial charge in [-0.2, -0.15) is 0 Å². The van der Waals surface area contributed by atoms with Crippen molar-refractivity contribution in [2.75, 3.05) is 18.4 Å². The molecule has 1 N–H and O–H groups in total. The number of fused-ring (bicyclic) bond motifs is 1. The van der Waals surface area contributed by atoms with Crippen LogP contribution in [0.5, 0.6) is 11.5 Å². The van der Waals surface area contributed by atoms with E-state index in [0.29, 0.717) is 36.8 Å². The summed E-state index contributed by atoms with van der Waals surface area (Å²) in [5.74, 6) is 1.25. The van der Waals surface area contributed by atoms with Gasteiger partial charge in [0.15, 0.2) is 0 Å². The molecule has 0 saturated carbocycles. The number of amides is 2. The van der Waals surface area contributed by atoms with Crippen molar-refractivity contribution in [2.24, 2.45) is 7.05 Å². The highest BCUT2D eigenvalue weighted by Crippen LogP contribution is 2.29. The molecule has 3 heterocycles. The first-order valence-electron chi connectivity index (χ1n) is 15.4. The molecule has 240 valence electrons. The highest BCUT2D eigenvalue weighted by molar-refractivity contribution is 7.17. The molecule has 5 rings (SSSR count). The average Bonchev–Trinajstić information content (AvgIpc) is 3.58. The number of carbonyl (C=O) groups is 2. The molecule has 1 saturated heterocycles. The van der Waals surface area contributed by atoms with Gasteiger partial charge in [-0.05, 0) is 88.0 Å². The molecule has 9 nitrogen and oxygen atoms in total. The Morgan fingerprint density at radius 3 is 2.38 bits per heavy atom. The third-order valence-electron chi connectivity index (χ3n) is 7.59. The Hall–Kier alpha value is -4.02. The lowest BCUT2D eigenvalue weighted by Gasteiger charge is -2.33. The fourth-order valence-corrected chi connectivity index (χ4v) is 6.06. The van der Waals surface area contributed by atoms with E-state index in [0.717, 1.165) is 39.9 Å². The first-order valence-corrected chi connectivity index (χ1v) is 16.3. The molecule has 0 aliphatic carbocycles. The number of benzene rings is 2. The van der Waals surface area contributed by atoms with Crippen molar-refractivity contribution in [1.29, 1.82) is 0 Å². The number of hydrogen-bond acceptors (Lipinski definition) is 7. The summed E-state index contributed by atoms with van der Waals surface area (Å²) >= 11 is 1.61. The van der Waals surface area contributed by atoms with Gasteiger partial charge in [-0.3, -0.25) is 4.79 Å². The Bertz CT molecular complexity index is 1610. The zero-order valence-corrected chi connectivity index (χ0v) is 27.7. The van der Waals surface area contributed by atoms with Gasteiger partial charge in [0.1, 0.15) is 35.5 Å². The maximum atomic E-state index is 13.4. The second kappa shape index (κ2) is 14.0. The van der Waals surface area contributed by atoms with Crippen LogP contribution >= 0.6 is 11.3 Å². The molecule has 0 bridgehead atoms. The van der Waals surface area contributed by atoms with E-state index < -0.39 is 5.60 Å². The van der Waals surface area contributed by atoms with Crippen LogP contribution in [0.3, 0.4) is 0 Å². The highest BCUT2D eigenvalue weighted by Gasteiger charge is 2.27. The lowest BCUT2D eigenvalue weighted by atomic mass is 10.1. The third-order valence-corrected chi connectivity index (χ3v) is 8.45. The molecule has 1 fully saturated rings. The minimum atomic E-state index is -0.507. The van der Waals surface area contributed by atoms with Gasteiger partial charge in [0, 0.05) is 44.2 Å². The zero-order valence-electron chi connectivity index (χ0n) is 26.9. The van der Waals surface area contributed by atoms with Crippen LogP contribution in [-0.2, 0) is 29.7 Å². The summed E-state index contributed by atoms with van der Waals surface area (Å²) in [5, 5.41) is 5.14. The Kier molecular flexibility index (Phi) is 10.0. The number of hydrogen-bond donors (Lipinski definition) is 1. The zero-order chi connectivity index (χ0) is 32.1. The largest absolute Gasteiger partial charge is 0.490 e. The summed E-state index contributed by atoms with van der Waals surface area (Å²) < 4.78 is 26.8. The molecule has 4 aromatic rings. The summed E-state index contributed by atoms with van der Waals surface area (Å²) in [4.78, 5) is 27.5. The van der Waals surface area contributed by atoms with E-state index in [-0.39, 0.29) is 30.8 Å². The van der Waals surface area contributed by atoms with E-state index in [1.807, 2.05) is 106 Å². The third kappa shape index (κ3) is 8.38. The highest BCUT2D eigenvalue weighted by atomic mass is 32.1. The summed E-state index contributed by atoms with van der Waals surface area (Å²) in [6.45, 7) is 11.5. The maximum Gasteiger partial charge on any atom is 0.410 e. The minimum absolute atomic E-state index is 0.0227. The first-order chi connectivity index (χ1) is 21.5. The topological polar surface area (TPSA) is 91.3 Å².